The Morgan fingerprint density at radius 2 is 2.00 bits per heavy atom. The van der Waals surface area contributed by atoms with E-state index in [-0.39, 0.29) is 11.8 Å². The van der Waals surface area contributed by atoms with Gasteiger partial charge in [0.15, 0.2) is 0 Å². The Labute approximate surface area is 118 Å². The third-order valence-electron chi connectivity index (χ3n) is 4.51. The number of carbonyl (C=O) groups excluding carboxylic acids is 1. The lowest BCUT2D eigenvalue weighted by atomic mass is 9.94. The third-order valence-corrected chi connectivity index (χ3v) is 4.51. The summed E-state index contributed by atoms with van der Waals surface area (Å²) in [6.45, 7) is 1.06. The molecule has 106 valence electrons. The SMILES string of the molecule is O=C(O)C1CCCN(C(=O)C2CCc3ccccc32)C1. The van der Waals surface area contributed by atoms with E-state index >= 15 is 0 Å². The van der Waals surface area contributed by atoms with Crippen molar-refractivity contribution in [1.29, 1.82) is 0 Å². The molecule has 1 aliphatic carbocycles. The van der Waals surface area contributed by atoms with Crippen LogP contribution < -0.4 is 0 Å². The first-order valence-corrected chi connectivity index (χ1v) is 7.26. The van der Waals surface area contributed by atoms with Crippen LogP contribution in [0.25, 0.3) is 0 Å². The van der Waals surface area contributed by atoms with Crippen LogP contribution in [0.15, 0.2) is 24.3 Å². The number of aliphatic carboxylic acids is 1. The lowest BCUT2D eigenvalue weighted by Crippen LogP contribution is -2.44. The van der Waals surface area contributed by atoms with Crippen LogP contribution >= 0.6 is 0 Å². The van der Waals surface area contributed by atoms with Gasteiger partial charge in [-0.2, -0.15) is 0 Å². The number of carbonyl (C=O) groups is 2. The van der Waals surface area contributed by atoms with Crippen molar-refractivity contribution in [1.82, 2.24) is 4.90 Å². The molecule has 4 heteroatoms. The molecule has 1 heterocycles. The Balaban J connectivity index is 1.75. The van der Waals surface area contributed by atoms with Crippen LogP contribution in [0.5, 0.6) is 0 Å². The lowest BCUT2D eigenvalue weighted by Gasteiger charge is -2.32. The molecular formula is C16H19NO3. The summed E-state index contributed by atoms with van der Waals surface area (Å²) in [4.78, 5) is 25.5. The van der Waals surface area contributed by atoms with Crippen molar-refractivity contribution in [2.24, 2.45) is 5.92 Å². The van der Waals surface area contributed by atoms with Crippen molar-refractivity contribution in [3.05, 3.63) is 35.4 Å². The minimum Gasteiger partial charge on any atom is -0.481 e. The summed E-state index contributed by atoms with van der Waals surface area (Å²) in [5, 5.41) is 9.12. The molecule has 20 heavy (non-hydrogen) atoms. The van der Waals surface area contributed by atoms with E-state index in [1.54, 1.807) is 4.90 Å². The minimum absolute atomic E-state index is 0.0706. The van der Waals surface area contributed by atoms with Crippen LogP contribution in [-0.4, -0.2) is 35.0 Å². The van der Waals surface area contributed by atoms with Gasteiger partial charge < -0.3 is 10.0 Å². The summed E-state index contributed by atoms with van der Waals surface area (Å²) < 4.78 is 0. The number of carboxylic acid groups (broad SMARTS) is 1. The number of amides is 1. The van der Waals surface area contributed by atoms with Crippen LogP contribution in [0.3, 0.4) is 0 Å². The van der Waals surface area contributed by atoms with Gasteiger partial charge in [-0.15, -0.1) is 0 Å². The van der Waals surface area contributed by atoms with E-state index in [2.05, 4.69) is 6.07 Å². The number of piperidine rings is 1. The fraction of sp³-hybridized carbons (Fsp3) is 0.500. The van der Waals surface area contributed by atoms with Gasteiger partial charge in [0.05, 0.1) is 11.8 Å². The molecule has 3 rings (SSSR count). The quantitative estimate of drug-likeness (QED) is 0.897. The molecule has 0 radical (unpaired) electrons. The Kier molecular flexibility index (Phi) is 3.47. The highest BCUT2D eigenvalue weighted by Crippen LogP contribution is 2.35. The van der Waals surface area contributed by atoms with E-state index in [4.69, 9.17) is 5.11 Å². The van der Waals surface area contributed by atoms with Gasteiger partial charge in [-0.25, -0.2) is 0 Å². The van der Waals surface area contributed by atoms with E-state index in [9.17, 15) is 9.59 Å². The highest BCUT2D eigenvalue weighted by atomic mass is 16.4. The Morgan fingerprint density at radius 1 is 1.20 bits per heavy atom. The van der Waals surface area contributed by atoms with Gasteiger partial charge in [-0.1, -0.05) is 24.3 Å². The molecule has 1 aromatic carbocycles. The monoisotopic (exact) mass is 273 g/mol. The molecule has 0 aromatic heterocycles. The van der Waals surface area contributed by atoms with Gasteiger partial charge in [0.2, 0.25) is 5.91 Å². The number of aryl methyl sites for hydroxylation is 1. The molecule has 0 saturated carbocycles. The first-order valence-electron chi connectivity index (χ1n) is 7.26. The second-order valence-corrected chi connectivity index (χ2v) is 5.75. The van der Waals surface area contributed by atoms with Crippen LogP contribution in [0.1, 0.15) is 36.3 Å². The van der Waals surface area contributed by atoms with Crippen LogP contribution in [-0.2, 0) is 16.0 Å². The van der Waals surface area contributed by atoms with Crippen molar-refractivity contribution >= 4 is 11.9 Å². The van der Waals surface area contributed by atoms with Crippen LogP contribution in [0.2, 0.25) is 0 Å². The first-order chi connectivity index (χ1) is 9.66. The van der Waals surface area contributed by atoms with E-state index in [1.165, 1.54) is 5.56 Å². The Hall–Kier alpha value is -1.84. The molecule has 0 bridgehead atoms. The molecule has 2 atom stereocenters. The molecule has 1 N–H and O–H groups in total. The van der Waals surface area contributed by atoms with Gasteiger partial charge in [-0.3, -0.25) is 9.59 Å². The maximum absolute atomic E-state index is 12.7. The van der Waals surface area contributed by atoms with E-state index in [1.807, 2.05) is 18.2 Å². The standard InChI is InChI=1S/C16H19NO3/c18-15(17-9-3-5-12(10-17)16(19)20)14-8-7-11-4-1-2-6-13(11)14/h1-2,4,6,12,14H,3,5,7-10H2,(H,19,20). The first kappa shape index (κ1) is 13.2. The lowest BCUT2D eigenvalue weighted by molar-refractivity contribution is -0.146. The van der Waals surface area contributed by atoms with E-state index in [0.29, 0.717) is 19.5 Å². The van der Waals surface area contributed by atoms with Crippen LogP contribution in [0, 0.1) is 5.92 Å². The zero-order chi connectivity index (χ0) is 14.1. The predicted octanol–water partition coefficient (Wildman–Crippen LogP) is 2.04. The molecule has 2 unspecified atom stereocenters. The average Bonchev–Trinajstić information content (AvgIpc) is 2.90. The summed E-state index contributed by atoms with van der Waals surface area (Å²) in [6, 6.07) is 8.09. The summed E-state index contributed by atoms with van der Waals surface area (Å²) in [5.74, 6) is -1.14. The highest BCUT2D eigenvalue weighted by molar-refractivity contribution is 5.85. The molecule has 1 saturated heterocycles. The molecule has 1 fully saturated rings. The van der Waals surface area contributed by atoms with Gasteiger partial charge in [0.1, 0.15) is 0 Å². The largest absolute Gasteiger partial charge is 0.481 e. The fourth-order valence-electron chi connectivity index (χ4n) is 3.41. The second-order valence-electron chi connectivity index (χ2n) is 5.75. The van der Waals surface area contributed by atoms with Crippen LogP contribution in [0.4, 0.5) is 0 Å². The number of hydrogen-bond donors (Lipinski definition) is 1. The highest BCUT2D eigenvalue weighted by Gasteiger charge is 2.35. The van der Waals surface area contributed by atoms with Crippen molar-refractivity contribution in [3.63, 3.8) is 0 Å². The molecule has 1 aromatic rings. The zero-order valence-electron chi connectivity index (χ0n) is 11.4. The number of benzene rings is 1. The minimum atomic E-state index is -0.783. The Morgan fingerprint density at radius 3 is 2.80 bits per heavy atom. The van der Waals surface area contributed by atoms with Crippen molar-refractivity contribution in [2.75, 3.05) is 13.1 Å². The predicted molar refractivity (Wildman–Crippen MR) is 74.4 cm³/mol. The number of carboxylic acids is 1. The summed E-state index contributed by atoms with van der Waals surface area (Å²) in [5.41, 5.74) is 2.40. The van der Waals surface area contributed by atoms with E-state index < -0.39 is 11.9 Å². The number of likely N-dealkylation sites (tertiary alicyclic amines) is 1. The Bertz CT molecular complexity index is 540. The van der Waals surface area contributed by atoms with Gasteiger partial charge in [0, 0.05) is 13.1 Å². The molecular weight excluding hydrogens is 254 g/mol. The molecule has 1 aliphatic heterocycles. The number of rotatable bonds is 2. The van der Waals surface area contributed by atoms with Crippen molar-refractivity contribution in [3.8, 4) is 0 Å². The number of hydrogen-bond acceptors (Lipinski definition) is 2. The molecule has 0 spiro atoms. The summed E-state index contributed by atoms with van der Waals surface area (Å²) >= 11 is 0. The number of nitrogens with zero attached hydrogens (tertiary/aromatic N) is 1. The van der Waals surface area contributed by atoms with Crippen molar-refractivity contribution < 1.29 is 14.7 Å². The summed E-state index contributed by atoms with van der Waals surface area (Å²) in [6.07, 6.45) is 3.27. The molecule has 2 aliphatic rings. The maximum atomic E-state index is 12.7. The molecule has 4 nitrogen and oxygen atoms in total. The summed E-state index contributed by atoms with van der Waals surface area (Å²) in [7, 11) is 0. The number of fused-ring (bicyclic) bond motifs is 1. The van der Waals surface area contributed by atoms with Crippen molar-refractivity contribution in [2.45, 2.75) is 31.6 Å². The molecule has 1 amide bonds. The van der Waals surface area contributed by atoms with Gasteiger partial charge in [-0.05, 0) is 36.8 Å². The fourth-order valence-corrected chi connectivity index (χ4v) is 3.41. The van der Waals surface area contributed by atoms with E-state index in [0.717, 1.165) is 24.8 Å². The average molecular weight is 273 g/mol. The maximum Gasteiger partial charge on any atom is 0.308 e. The van der Waals surface area contributed by atoms with Gasteiger partial charge >= 0.3 is 5.97 Å². The normalized spacial score (nSPS) is 25.3. The third kappa shape index (κ3) is 2.30. The smallest absolute Gasteiger partial charge is 0.308 e. The second kappa shape index (κ2) is 5.27. The topological polar surface area (TPSA) is 57.6 Å². The zero-order valence-corrected chi connectivity index (χ0v) is 11.4. The van der Waals surface area contributed by atoms with Gasteiger partial charge in [0.25, 0.3) is 0 Å².